The fourth-order valence-electron chi connectivity index (χ4n) is 3.52. The van der Waals surface area contributed by atoms with Gasteiger partial charge in [-0.3, -0.25) is 4.79 Å². The van der Waals surface area contributed by atoms with Gasteiger partial charge in [-0.2, -0.15) is 0 Å². The first kappa shape index (κ1) is 20.3. The van der Waals surface area contributed by atoms with Crippen molar-refractivity contribution in [2.75, 3.05) is 25.1 Å². The summed E-state index contributed by atoms with van der Waals surface area (Å²) in [5.74, 6) is 0.162. The number of carbonyl (C=O) groups is 1. The van der Waals surface area contributed by atoms with Crippen LogP contribution < -0.4 is 10.1 Å². The number of anilines is 1. The third kappa shape index (κ3) is 3.88. The number of rotatable bonds is 5. The van der Waals surface area contributed by atoms with Gasteiger partial charge in [-0.15, -0.1) is 0 Å². The van der Waals surface area contributed by atoms with Gasteiger partial charge < -0.3 is 19.5 Å². The van der Waals surface area contributed by atoms with Crippen molar-refractivity contribution in [2.24, 2.45) is 5.41 Å². The van der Waals surface area contributed by atoms with Crippen LogP contribution in [0.1, 0.15) is 25.7 Å². The summed E-state index contributed by atoms with van der Waals surface area (Å²) in [5, 5.41) is 4.82. The maximum absolute atomic E-state index is 14.0. The molecule has 0 aromatic heterocycles. The molecule has 1 amide bonds. The summed E-state index contributed by atoms with van der Waals surface area (Å²) in [7, 11) is 0. The Labute approximate surface area is 174 Å². The zero-order valence-electron chi connectivity index (χ0n) is 17.0. The maximum atomic E-state index is 14.0. The Kier molecular flexibility index (Phi) is 5.70. The van der Waals surface area contributed by atoms with E-state index in [2.05, 4.69) is 5.32 Å². The lowest BCUT2D eigenvalue weighted by atomic mass is 9.90. The minimum Gasteiger partial charge on any atom is -0.493 e. The van der Waals surface area contributed by atoms with E-state index < -0.39 is 17.5 Å². The highest BCUT2D eigenvalue weighted by atomic mass is 19.1. The predicted molar refractivity (Wildman–Crippen MR) is 113 cm³/mol. The number of carbonyl (C=O) groups excluding carboxylic acids is 1. The van der Waals surface area contributed by atoms with Gasteiger partial charge in [0, 0.05) is 22.0 Å². The molecule has 1 aliphatic rings. The van der Waals surface area contributed by atoms with Crippen molar-refractivity contribution in [2.45, 2.75) is 20.1 Å². The second-order valence-corrected chi connectivity index (χ2v) is 7.58. The molecule has 4 rings (SSSR count). The van der Waals surface area contributed by atoms with Gasteiger partial charge in [0.2, 0.25) is 5.91 Å². The van der Waals surface area contributed by atoms with Crippen molar-refractivity contribution in [1.82, 2.24) is 0 Å². The van der Waals surface area contributed by atoms with E-state index in [-0.39, 0.29) is 19.1 Å². The molecular weight excluding hydrogens is 385 g/mol. The van der Waals surface area contributed by atoms with Crippen molar-refractivity contribution < 1.29 is 23.4 Å². The molecule has 3 aromatic rings. The summed E-state index contributed by atoms with van der Waals surface area (Å²) in [5.41, 5.74) is 0.121. The Hall–Kier alpha value is -2.96. The monoisotopic (exact) mass is 409 g/mol. The number of fused-ring (bicyclic) bond motifs is 1. The van der Waals surface area contributed by atoms with E-state index in [0.717, 1.165) is 16.5 Å². The summed E-state index contributed by atoms with van der Waals surface area (Å²) < 4.78 is 31.1. The quantitative estimate of drug-likeness (QED) is 0.639. The average molecular weight is 409 g/mol. The molecule has 6 heteroatoms. The minimum absolute atomic E-state index is 0.118. The molecule has 3 aromatic carbocycles. The minimum atomic E-state index is -0.901. The van der Waals surface area contributed by atoms with Gasteiger partial charge in [0.15, 0.2) is 6.29 Å². The highest BCUT2D eigenvalue weighted by Crippen LogP contribution is 2.36. The van der Waals surface area contributed by atoms with E-state index in [4.69, 9.17) is 14.2 Å². The van der Waals surface area contributed by atoms with Gasteiger partial charge in [-0.1, -0.05) is 42.5 Å². The van der Waals surface area contributed by atoms with Crippen LogP contribution in [0.25, 0.3) is 10.8 Å². The average Bonchev–Trinajstić information content (AvgIpc) is 2.76. The molecule has 1 heterocycles. The molecule has 30 heavy (non-hydrogen) atoms. The van der Waals surface area contributed by atoms with Crippen molar-refractivity contribution in [1.29, 1.82) is 0 Å². The van der Waals surface area contributed by atoms with Crippen LogP contribution in [-0.2, 0) is 14.3 Å². The molecule has 0 atom stereocenters. The third-order valence-electron chi connectivity index (χ3n) is 5.25. The molecule has 1 N–H and O–H groups in total. The second kappa shape index (κ2) is 8.42. The highest BCUT2D eigenvalue weighted by Gasteiger charge is 2.40. The number of benzene rings is 3. The predicted octanol–water partition coefficient (Wildman–Crippen LogP) is 5.07. The van der Waals surface area contributed by atoms with Crippen LogP contribution in [0.2, 0.25) is 0 Å². The number of hydrogen-bond acceptors (Lipinski definition) is 4. The number of hydrogen-bond donors (Lipinski definition) is 1. The fraction of sp³-hybridized carbons (Fsp3) is 0.292. The molecule has 1 saturated heterocycles. The van der Waals surface area contributed by atoms with Crippen LogP contribution in [0.3, 0.4) is 0 Å². The van der Waals surface area contributed by atoms with Gasteiger partial charge in [-0.05, 0) is 32.0 Å². The lowest BCUT2D eigenvalue weighted by Gasteiger charge is -2.36. The first-order valence-corrected chi connectivity index (χ1v) is 9.95. The summed E-state index contributed by atoms with van der Waals surface area (Å²) in [4.78, 5) is 13.1. The molecule has 0 aliphatic carbocycles. The van der Waals surface area contributed by atoms with E-state index in [1.54, 1.807) is 25.1 Å². The molecule has 0 saturated carbocycles. The number of amides is 1. The SMILES string of the molecule is CCOc1ccc(NC(=O)C2(C)COC(c3ccccc3F)OC2)c2ccccc12. The molecule has 0 bridgehead atoms. The molecule has 0 spiro atoms. The topological polar surface area (TPSA) is 56.8 Å². The van der Waals surface area contributed by atoms with Gasteiger partial charge in [0.25, 0.3) is 0 Å². The van der Waals surface area contributed by atoms with Gasteiger partial charge in [-0.25, -0.2) is 4.39 Å². The van der Waals surface area contributed by atoms with E-state index in [9.17, 15) is 9.18 Å². The van der Waals surface area contributed by atoms with Crippen molar-refractivity contribution in [3.63, 3.8) is 0 Å². The lowest BCUT2D eigenvalue weighted by Crippen LogP contribution is -2.45. The summed E-state index contributed by atoms with van der Waals surface area (Å²) in [6, 6.07) is 17.8. The molecule has 1 fully saturated rings. The molecule has 1 aliphatic heterocycles. The van der Waals surface area contributed by atoms with Crippen LogP contribution >= 0.6 is 0 Å². The number of nitrogens with one attached hydrogen (secondary N) is 1. The summed E-state index contributed by atoms with van der Waals surface area (Å²) in [6.07, 6.45) is -0.821. The molecule has 5 nitrogen and oxygen atoms in total. The van der Waals surface area contributed by atoms with Gasteiger partial charge in [0.1, 0.15) is 11.6 Å². The molecular formula is C24H24FNO4. The Morgan fingerprint density at radius 1 is 1.07 bits per heavy atom. The van der Waals surface area contributed by atoms with Gasteiger partial charge in [0.05, 0.1) is 25.2 Å². The molecule has 156 valence electrons. The summed E-state index contributed by atoms with van der Waals surface area (Å²) in [6.45, 7) is 4.50. The standard InChI is InChI=1S/C24H24FNO4/c1-3-28-21-13-12-20(16-8-4-5-9-17(16)21)26-23(27)24(2)14-29-22(30-15-24)18-10-6-7-11-19(18)25/h4-13,22H,3,14-15H2,1-2H3,(H,26,27). The Balaban J connectivity index is 1.51. The third-order valence-corrected chi connectivity index (χ3v) is 5.25. The largest absolute Gasteiger partial charge is 0.493 e. The highest BCUT2D eigenvalue weighted by molar-refractivity contribution is 6.05. The van der Waals surface area contributed by atoms with Crippen LogP contribution in [0.5, 0.6) is 5.75 Å². The fourth-order valence-corrected chi connectivity index (χ4v) is 3.52. The van der Waals surface area contributed by atoms with E-state index in [1.165, 1.54) is 6.07 Å². The maximum Gasteiger partial charge on any atom is 0.235 e. The Morgan fingerprint density at radius 2 is 1.73 bits per heavy atom. The van der Waals surface area contributed by atoms with Gasteiger partial charge >= 0.3 is 0 Å². The van der Waals surface area contributed by atoms with Crippen molar-refractivity contribution >= 4 is 22.4 Å². The Morgan fingerprint density at radius 3 is 2.43 bits per heavy atom. The number of halogens is 1. The van der Waals surface area contributed by atoms with Crippen LogP contribution in [0, 0.1) is 11.2 Å². The normalized spacial score (nSPS) is 21.4. The van der Waals surface area contributed by atoms with Crippen LogP contribution in [-0.4, -0.2) is 25.7 Å². The zero-order chi connectivity index (χ0) is 21.1. The first-order valence-electron chi connectivity index (χ1n) is 9.95. The van der Waals surface area contributed by atoms with E-state index in [1.807, 2.05) is 43.3 Å². The first-order chi connectivity index (χ1) is 14.5. The summed E-state index contributed by atoms with van der Waals surface area (Å²) >= 11 is 0. The van der Waals surface area contributed by atoms with Crippen LogP contribution in [0.4, 0.5) is 10.1 Å². The van der Waals surface area contributed by atoms with Crippen molar-refractivity contribution in [3.8, 4) is 5.75 Å². The van der Waals surface area contributed by atoms with E-state index >= 15 is 0 Å². The second-order valence-electron chi connectivity index (χ2n) is 7.58. The molecule has 0 radical (unpaired) electrons. The smallest absolute Gasteiger partial charge is 0.235 e. The van der Waals surface area contributed by atoms with Crippen molar-refractivity contribution in [3.05, 3.63) is 72.0 Å². The number of ether oxygens (including phenoxy) is 3. The van der Waals surface area contributed by atoms with Crippen LogP contribution in [0.15, 0.2) is 60.7 Å². The zero-order valence-corrected chi connectivity index (χ0v) is 17.0. The Bertz CT molecular complexity index is 1060. The van der Waals surface area contributed by atoms with E-state index in [0.29, 0.717) is 17.9 Å². The lowest BCUT2D eigenvalue weighted by molar-refractivity contribution is -0.227. The molecule has 0 unspecified atom stereocenters.